The average molecular weight is 168 g/mol. The second-order valence-electron chi connectivity index (χ2n) is 1.98. The summed E-state index contributed by atoms with van der Waals surface area (Å²) >= 11 is 0. The molecule has 0 aromatic carbocycles. The van der Waals surface area contributed by atoms with Gasteiger partial charge in [0.1, 0.15) is 13.2 Å². The Morgan fingerprint density at radius 2 is 2.42 bits per heavy atom. The molecular weight excluding hydrogens is 156 g/mol. The molecule has 0 rings (SSSR count). The smallest absolute Gasteiger partial charge is 0.308 e. The highest BCUT2D eigenvalue weighted by Crippen LogP contribution is 1.87. The first kappa shape index (κ1) is 10.7. The Kier molecular flexibility index (Phi) is 7.00. The quantitative estimate of drug-likeness (QED) is 0.254. The molecule has 0 aliphatic carbocycles. The van der Waals surface area contributed by atoms with Gasteiger partial charge in [0.15, 0.2) is 0 Å². The molecule has 0 saturated carbocycles. The predicted octanol–water partition coefficient (Wildman–Crippen LogP) is 0.756. The molecule has 3 nitrogen and oxygen atoms in total. The van der Waals surface area contributed by atoms with Gasteiger partial charge in [-0.1, -0.05) is 18.6 Å². The predicted molar refractivity (Wildman–Crippen MR) is 45.4 cm³/mol. The Labute approximate surface area is 72.4 Å². The molecule has 0 aliphatic heterocycles. The highest BCUT2D eigenvalue weighted by Gasteiger charge is 1.99. The van der Waals surface area contributed by atoms with Crippen LogP contribution in [0.1, 0.15) is 6.42 Å². The van der Waals surface area contributed by atoms with Crippen LogP contribution in [0, 0.1) is 12.3 Å². The van der Waals surface area contributed by atoms with E-state index < -0.39 is 0 Å². The monoisotopic (exact) mass is 168 g/mol. The molecule has 0 N–H and O–H groups in total. The molecule has 0 aliphatic rings. The summed E-state index contributed by atoms with van der Waals surface area (Å²) in [4.78, 5) is 10.8. The standard InChI is InChI=1S/C9H12O3/c1-3-6-11-8-5-9(10)12-7-4-2/h1,4H,2,5-8H2. The normalized spacial score (nSPS) is 8.58. The van der Waals surface area contributed by atoms with E-state index in [0.29, 0.717) is 6.61 Å². The van der Waals surface area contributed by atoms with Gasteiger partial charge in [-0.15, -0.1) is 6.42 Å². The van der Waals surface area contributed by atoms with Gasteiger partial charge in [-0.3, -0.25) is 4.79 Å². The molecule has 0 heterocycles. The maximum Gasteiger partial charge on any atom is 0.308 e. The van der Waals surface area contributed by atoms with Gasteiger partial charge in [-0.2, -0.15) is 0 Å². The van der Waals surface area contributed by atoms with Crippen LogP contribution in [0.4, 0.5) is 0 Å². The van der Waals surface area contributed by atoms with E-state index in [4.69, 9.17) is 11.2 Å². The highest BCUT2D eigenvalue weighted by atomic mass is 16.5. The molecule has 0 saturated heterocycles. The maximum absolute atomic E-state index is 10.8. The van der Waals surface area contributed by atoms with Crippen molar-refractivity contribution in [3.63, 3.8) is 0 Å². The van der Waals surface area contributed by atoms with Crippen LogP contribution in [0.3, 0.4) is 0 Å². The fourth-order valence-corrected chi connectivity index (χ4v) is 0.511. The number of carbonyl (C=O) groups excluding carboxylic acids is 1. The van der Waals surface area contributed by atoms with Gasteiger partial charge in [0.25, 0.3) is 0 Å². The molecule has 12 heavy (non-hydrogen) atoms. The summed E-state index contributed by atoms with van der Waals surface area (Å²) in [6.45, 7) is 4.19. The number of carbonyl (C=O) groups is 1. The number of rotatable bonds is 6. The van der Waals surface area contributed by atoms with Crippen molar-refractivity contribution in [3.8, 4) is 12.3 Å². The molecule has 66 valence electrons. The molecule has 3 heteroatoms. The van der Waals surface area contributed by atoms with Crippen molar-refractivity contribution < 1.29 is 14.3 Å². The summed E-state index contributed by atoms with van der Waals surface area (Å²) in [6.07, 6.45) is 6.67. The third-order valence-corrected chi connectivity index (χ3v) is 0.998. The van der Waals surface area contributed by atoms with Crippen LogP contribution in [0.5, 0.6) is 0 Å². The lowest BCUT2D eigenvalue weighted by Crippen LogP contribution is -2.08. The van der Waals surface area contributed by atoms with Crippen molar-refractivity contribution in [3.05, 3.63) is 12.7 Å². The van der Waals surface area contributed by atoms with Crippen LogP contribution < -0.4 is 0 Å². The lowest BCUT2D eigenvalue weighted by atomic mass is 10.5. The van der Waals surface area contributed by atoms with Crippen molar-refractivity contribution in [1.29, 1.82) is 0 Å². The molecule has 0 bridgehead atoms. The molecule has 0 fully saturated rings. The van der Waals surface area contributed by atoms with E-state index in [2.05, 4.69) is 17.2 Å². The van der Waals surface area contributed by atoms with Gasteiger partial charge >= 0.3 is 5.97 Å². The summed E-state index contributed by atoms with van der Waals surface area (Å²) in [7, 11) is 0. The molecule has 0 unspecified atom stereocenters. The van der Waals surface area contributed by atoms with Crippen LogP contribution in [0.25, 0.3) is 0 Å². The van der Waals surface area contributed by atoms with E-state index >= 15 is 0 Å². The second kappa shape index (κ2) is 7.83. The third kappa shape index (κ3) is 6.84. The van der Waals surface area contributed by atoms with Crippen molar-refractivity contribution in [1.82, 2.24) is 0 Å². The zero-order chi connectivity index (χ0) is 9.23. The maximum atomic E-state index is 10.8. The number of hydrogen-bond acceptors (Lipinski definition) is 3. The van der Waals surface area contributed by atoms with Gasteiger partial charge < -0.3 is 9.47 Å². The lowest BCUT2D eigenvalue weighted by Gasteiger charge is -2.00. The molecule has 0 radical (unpaired) electrons. The number of terminal acetylenes is 1. The van der Waals surface area contributed by atoms with Crippen molar-refractivity contribution in [2.75, 3.05) is 19.8 Å². The SMILES string of the molecule is C#CCOCCC(=O)OCC=C. The zero-order valence-corrected chi connectivity index (χ0v) is 6.91. The topological polar surface area (TPSA) is 35.5 Å². The van der Waals surface area contributed by atoms with E-state index in [9.17, 15) is 4.79 Å². The lowest BCUT2D eigenvalue weighted by molar-refractivity contribution is -0.143. The Balaban J connectivity index is 3.20. The number of hydrogen-bond donors (Lipinski definition) is 0. The van der Waals surface area contributed by atoms with Crippen LogP contribution in [0.15, 0.2) is 12.7 Å². The van der Waals surface area contributed by atoms with Gasteiger partial charge in [0.2, 0.25) is 0 Å². The van der Waals surface area contributed by atoms with Crippen molar-refractivity contribution in [2.24, 2.45) is 0 Å². The van der Waals surface area contributed by atoms with Gasteiger partial charge in [-0.25, -0.2) is 0 Å². The largest absolute Gasteiger partial charge is 0.461 e. The first-order valence-corrected chi connectivity index (χ1v) is 3.59. The Bertz CT molecular complexity index is 179. The Morgan fingerprint density at radius 3 is 3.00 bits per heavy atom. The number of ether oxygens (including phenoxy) is 2. The third-order valence-electron chi connectivity index (χ3n) is 0.998. The fourth-order valence-electron chi connectivity index (χ4n) is 0.511. The fraction of sp³-hybridized carbons (Fsp3) is 0.444. The summed E-state index contributed by atoms with van der Waals surface area (Å²) in [5.74, 6) is 1.99. The van der Waals surface area contributed by atoms with Crippen molar-refractivity contribution >= 4 is 5.97 Å². The van der Waals surface area contributed by atoms with E-state index in [-0.39, 0.29) is 25.6 Å². The number of esters is 1. The van der Waals surface area contributed by atoms with Crippen LogP contribution in [0.2, 0.25) is 0 Å². The second-order valence-corrected chi connectivity index (χ2v) is 1.98. The Morgan fingerprint density at radius 1 is 1.67 bits per heavy atom. The summed E-state index contributed by atoms with van der Waals surface area (Å²) in [5, 5.41) is 0. The van der Waals surface area contributed by atoms with E-state index in [1.165, 1.54) is 6.08 Å². The first-order chi connectivity index (χ1) is 5.81. The van der Waals surface area contributed by atoms with Crippen LogP contribution in [-0.2, 0) is 14.3 Å². The molecule has 0 amide bonds. The van der Waals surface area contributed by atoms with Crippen LogP contribution >= 0.6 is 0 Å². The van der Waals surface area contributed by atoms with E-state index in [1.807, 2.05) is 0 Å². The summed E-state index contributed by atoms with van der Waals surface area (Å²) < 4.78 is 9.55. The van der Waals surface area contributed by atoms with Crippen LogP contribution in [-0.4, -0.2) is 25.8 Å². The van der Waals surface area contributed by atoms with Crippen molar-refractivity contribution in [2.45, 2.75) is 6.42 Å². The zero-order valence-electron chi connectivity index (χ0n) is 6.91. The average Bonchev–Trinajstić information content (AvgIpc) is 2.09. The minimum Gasteiger partial charge on any atom is -0.461 e. The molecule has 0 spiro atoms. The van der Waals surface area contributed by atoms with Gasteiger partial charge in [-0.05, 0) is 0 Å². The molecule has 0 atom stereocenters. The molecular formula is C9H12O3. The first-order valence-electron chi connectivity index (χ1n) is 3.59. The summed E-state index contributed by atoms with van der Waals surface area (Å²) in [5.41, 5.74) is 0. The van der Waals surface area contributed by atoms with E-state index in [0.717, 1.165) is 0 Å². The van der Waals surface area contributed by atoms with Gasteiger partial charge in [0, 0.05) is 0 Å². The summed E-state index contributed by atoms with van der Waals surface area (Å²) in [6, 6.07) is 0. The minimum absolute atomic E-state index is 0.231. The molecule has 0 aromatic heterocycles. The highest BCUT2D eigenvalue weighted by molar-refractivity contribution is 5.69. The van der Waals surface area contributed by atoms with Gasteiger partial charge in [0.05, 0.1) is 13.0 Å². The Hall–Kier alpha value is -1.27. The van der Waals surface area contributed by atoms with E-state index in [1.54, 1.807) is 0 Å². The molecule has 0 aromatic rings. The minimum atomic E-state index is -0.299.